The van der Waals surface area contributed by atoms with Crippen molar-refractivity contribution in [2.24, 2.45) is 0 Å². The van der Waals surface area contributed by atoms with Crippen LogP contribution in [0.3, 0.4) is 0 Å². The molecule has 17 rings (SSSR count). The first-order valence-corrected chi connectivity index (χ1v) is 58.5. The van der Waals surface area contributed by atoms with Crippen LogP contribution in [0.2, 0.25) is 0 Å². The highest BCUT2D eigenvalue weighted by molar-refractivity contribution is 9.08. The minimum Gasteiger partial charge on any atom is -0.207 e. The lowest BCUT2D eigenvalue weighted by atomic mass is 9.94. The number of rotatable bonds is 18. The van der Waals surface area contributed by atoms with Crippen LogP contribution >= 0.6 is 31.9 Å². The fourth-order valence-electron chi connectivity index (χ4n) is 18.1. The van der Waals surface area contributed by atoms with Crippen LogP contribution in [-0.4, -0.2) is 102 Å². The molecular formula is C104H104Br2N8O16S8. The Kier molecular flexibility index (Phi) is 28.6. The molecule has 0 radical (unpaired) electrons. The molecule has 4 aliphatic rings. The predicted molar refractivity (Wildman–Crippen MR) is 538 cm³/mol. The maximum atomic E-state index is 16.9. The van der Waals surface area contributed by atoms with E-state index in [-0.39, 0.29) is 143 Å². The summed E-state index contributed by atoms with van der Waals surface area (Å²) in [6.45, 7) is 5.84. The number of nitrogens with zero attached hydrogens (tertiary/aromatic N) is 8. The van der Waals surface area contributed by atoms with Gasteiger partial charge in [-0.2, -0.15) is 34.4 Å². The Morgan fingerprint density at radius 1 is 0.167 bits per heavy atom. The number of hydrogen-bond acceptors (Lipinski definition) is 16. The largest absolute Gasteiger partial charge is 0.243 e. The van der Waals surface area contributed by atoms with Crippen molar-refractivity contribution in [3.8, 4) is 0 Å². The third-order valence-electron chi connectivity index (χ3n) is 26.0. The molecule has 138 heavy (non-hydrogen) atoms. The van der Waals surface area contributed by atoms with Crippen molar-refractivity contribution in [1.29, 1.82) is 0 Å². The van der Waals surface area contributed by atoms with Gasteiger partial charge in [0.05, 0.1) is 39.2 Å². The van der Waals surface area contributed by atoms with E-state index in [1.54, 1.807) is 173 Å². The molecule has 0 saturated heterocycles. The Morgan fingerprint density at radius 3 is 0.384 bits per heavy atom. The predicted octanol–water partition coefficient (Wildman–Crippen LogP) is 18.3. The third-order valence-corrected chi connectivity index (χ3v) is 41.7. The number of hydrogen-bond donors (Lipinski definition) is 0. The van der Waals surface area contributed by atoms with E-state index >= 15 is 67.3 Å². The van der Waals surface area contributed by atoms with Crippen molar-refractivity contribution in [2.45, 2.75) is 210 Å². The number of fused-ring (bicyclic) bond motifs is 22. The zero-order valence-corrected chi connectivity index (χ0v) is 87.0. The first-order chi connectivity index (χ1) is 65.4. The van der Waals surface area contributed by atoms with Gasteiger partial charge in [-0.3, -0.25) is 0 Å². The lowest BCUT2D eigenvalue weighted by Gasteiger charge is -2.34. The first kappa shape index (κ1) is 99.7. The van der Waals surface area contributed by atoms with E-state index in [9.17, 15) is 0 Å². The Labute approximate surface area is 827 Å². The first-order valence-electron chi connectivity index (χ1n) is 44.7. The van der Waals surface area contributed by atoms with E-state index in [2.05, 4.69) is 31.9 Å². The Hall–Kier alpha value is -9.90. The average molecular weight is 2140 g/mol. The van der Waals surface area contributed by atoms with Gasteiger partial charge in [-0.15, -0.1) is 0 Å². The van der Waals surface area contributed by atoms with Crippen LogP contribution in [0.4, 0.5) is 0 Å². The van der Waals surface area contributed by atoms with E-state index in [1.165, 1.54) is 132 Å². The second kappa shape index (κ2) is 39.5. The lowest BCUT2D eigenvalue weighted by molar-refractivity contribution is 0.360. The highest BCUT2D eigenvalue weighted by Gasteiger charge is 2.41. The minimum atomic E-state index is -4.93. The van der Waals surface area contributed by atoms with Gasteiger partial charge in [0.1, 0.15) is 0 Å². The summed E-state index contributed by atoms with van der Waals surface area (Å²) in [7, 11) is -38.1. The fourth-order valence-corrected chi connectivity index (χ4v) is 30.0. The molecule has 0 aliphatic carbocycles. The molecule has 0 atom stereocenters. The van der Waals surface area contributed by atoms with Crippen LogP contribution in [-0.2, 0) is 196 Å². The number of sulfonamides is 8. The SMILES string of the molecule is Cc1ccc(S(=O)(=O)N2Cc3cc(CBr)cc(c3)CN(S(=O)(=O)c3ccc(C)cc3)Cc3cc(c4cc3CN(S(=O)(=O)c3ccc(C)cc3)Cc3cc(c5cc3CN(S(=O)(=O)c3ccc(C)cc3)Cc3cc(c6cc3CN(S(=O)(=O)c3ccc(C)cc3)Cc3cc(CBr)cc(c3)CN(S(=O)(=O)c3ccc(C)cc3)C6)CN(S(=O)(=O)c3ccc(C)cc3)C5)CN(S(=O)(=O)c3ccc(C)cc3)C4)C2)cc1. The van der Waals surface area contributed by atoms with Crippen LogP contribution in [0.1, 0.15) is 145 Å². The summed E-state index contributed by atoms with van der Waals surface area (Å²) in [6.07, 6.45) is 0. The molecule has 24 nitrogen and oxygen atoms in total. The van der Waals surface area contributed by atoms with Gasteiger partial charge in [0.25, 0.3) is 0 Å². The summed E-state index contributed by atoms with van der Waals surface area (Å²) in [5.74, 6) is 0. The van der Waals surface area contributed by atoms with Gasteiger partial charge in [-0.1, -0.05) is 246 Å². The minimum absolute atomic E-state index is 0.0774. The van der Waals surface area contributed by atoms with E-state index in [1.807, 2.05) is 52.0 Å². The van der Waals surface area contributed by atoms with Crippen LogP contribution < -0.4 is 0 Å². The summed E-state index contributed by atoms with van der Waals surface area (Å²) in [4.78, 5) is -1.13. The molecule has 34 heteroatoms. The summed E-state index contributed by atoms with van der Waals surface area (Å²) >= 11 is 7.29. The van der Waals surface area contributed by atoms with Crippen LogP contribution in [0.25, 0.3) is 0 Å². The molecule has 13 aromatic carbocycles. The smallest absolute Gasteiger partial charge is 0.207 e. The van der Waals surface area contributed by atoms with E-state index in [0.717, 1.165) is 22.3 Å². The monoisotopic (exact) mass is 2130 g/mol. The lowest BCUT2D eigenvalue weighted by Crippen LogP contribution is -2.37. The Balaban J connectivity index is 0.955. The summed E-state index contributed by atoms with van der Waals surface area (Å²) in [5.41, 5.74) is 10.7. The number of benzene rings is 13. The molecule has 0 saturated carbocycles. The third kappa shape index (κ3) is 21.1. The summed E-state index contributed by atoms with van der Waals surface area (Å²) < 4.78 is 273. The highest BCUT2D eigenvalue weighted by Crippen LogP contribution is 2.42. The second-order valence-electron chi connectivity index (χ2n) is 36.4. The quantitative estimate of drug-likeness (QED) is 0.0721. The van der Waals surface area contributed by atoms with Gasteiger partial charge in [0, 0.05) is 115 Å². The molecule has 4 aliphatic heterocycles. The zero-order valence-electron chi connectivity index (χ0n) is 77.3. The molecule has 0 spiro atoms. The molecular weight excluding hydrogens is 2030 g/mol. The van der Waals surface area contributed by atoms with Gasteiger partial charge >= 0.3 is 0 Å². The molecule has 4 heterocycles. The van der Waals surface area contributed by atoms with Crippen molar-refractivity contribution < 1.29 is 67.3 Å². The molecule has 0 unspecified atom stereocenters. The van der Waals surface area contributed by atoms with Gasteiger partial charge in [0.2, 0.25) is 80.2 Å². The average Bonchev–Trinajstić information content (AvgIpc) is 0.748. The molecule has 16 bridgehead atoms. The van der Waals surface area contributed by atoms with Crippen LogP contribution in [0.15, 0.2) is 306 Å². The van der Waals surface area contributed by atoms with Crippen molar-refractivity contribution in [2.75, 3.05) is 0 Å². The second-order valence-corrected chi connectivity index (χ2v) is 53.1. The van der Waals surface area contributed by atoms with E-state index in [4.69, 9.17) is 0 Å². The van der Waals surface area contributed by atoms with Crippen LogP contribution in [0, 0.1) is 55.4 Å². The van der Waals surface area contributed by atoms with Crippen molar-refractivity contribution in [3.63, 3.8) is 0 Å². The number of halogens is 2. The van der Waals surface area contributed by atoms with Crippen LogP contribution in [0.5, 0.6) is 0 Å². The topological polar surface area (TPSA) is 299 Å². The maximum absolute atomic E-state index is 16.9. The molecule has 0 N–H and O–H groups in total. The molecule has 13 aromatic rings. The van der Waals surface area contributed by atoms with Crippen molar-refractivity contribution in [1.82, 2.24) is 34.4 Å². The standard InChI is InChI=1S/C104H104Br2N8O16S8/c1-71-9-25-97(26-10-71)131(115,116)107-55-81-41-79(53-105)42-82(45-81)56-108(132(117,118)98-27-11-72(2)12-28-98)60-86-47-85(59-107)89-49-90(86)64-112(136(125,126)102-35-19-76(6)20-36-102)68-95-51-93(67-111(63-89)135(123,124)101-33-17-75(5)18-34-101)94-52-96(95)70-114(138(129,130)104-39-23-78(8)24-40-104)66-92-50-91(65-113(69-94)137(127,128)103-37-21-77(7)22-38-103)87-48-88(92)62-110(134(121,122)100-31-15-74(4)16-32-100)58-84-44-80(54-106)43-83(46-84)57-109(61-87)133(119,120)99-29-13-73(3)14-30-99/h9-52H,53-70H2,1-8H3. The number of aryl methyl sites for hydroxylation is 8. The number of alkyl halides is 2. The molecule has 0 fully saturated rings. The maximum Gasteiger partial charge on any atom is 0.243 e. The Bertz CT molecular complexity index is 7010. The van der Waals surface area contributed by atoms with Crippen molar-refractivity contribution in [3.05, 3.63) is 412 Å². The van der Waals surface area contributed by atoms with Gasteiger partial charge < -0.3 is 0 Å². The van der Waals surface area contributed by atoms with Gasteiger partial charge in [-0.05, 0) is 253 Å². The van der Waals surface area contributed by atoms with Gasteiger partial charge in [0.15, 0.2) is 0 Å². The fraction of sp³-hybridized carbons (Fsp3) is 0.250. The summed E-state index contributed by atoms with van der Waals surface area (Å²) in [6, 6.07) is 70.4. The molecule has 718 valence electrons. The zero-order chi connectivity index (χ0) is 98.1. The van der Waals surface area contributed by atoms with Gasteiger partial charge in [-0.25, -0.2) is 67.3 Å². The normalized spacial score (nSPS) is 16.3. The molecule has 0 aromatic heterocycles. The summed E-state index contributed by atoms with van der Waals surface area (Å²) in [5, 5.41) is 0.518. The van der Waals surface area contributed by atoms with Crippen molar-refractivity contribution >= 4 is 112 Å². The van der Waals surface area contributed by atoms with E-state index < -0.39 is 159 Å². The Morgan fingerprint density at radius 2 is 0.275 bits per heavy atom. The molecule has 0 amide bonds. The van der Waals surface area contributed by atoms with E-state index in [0.29, 0.717) is 55.6 Å². The highest BCUT2D eigenvalue weighted by atomic mass is 79.9.